The third-order valence-electron chi connectivity index (χ3n) is 3.79. The predicted octanol–water partition coefficient (Wildman–Crippen LogP) is 3.43. The van der Waals surface area contributed by atoms with Gasteiger partial charge < -0.3 is 24.3 Å². The minimum absolute atomic E-state index is 0.0475. The number of ether oxygens (including phenoxy) is 4. The van der Waals surface area contributed by atoms with Crippen molar-refractivity contribution in [3.63, 3.8) is 0 Å². The molecule has 0 aliphatic heterocycles. The highest BCUT2D eigenvalue weighted by Gasteiger charge is 2.30. The van der Waals surface area contributed by atoms with Crippen LogP contribution in [0.3, 0.4) is 0 Å². The van der Waals surface area contributed by atoms with Gasteiger partial charge in [0.05, 0.1) is 26.9 Å². The van der Waals surface area contributed by atoms with Crippen molar-refractivity contribution < 1.29 is 36.9 Å². The summed E-state index contributed by atoms with van der Waals surface area (Å²) < 4.78 is 59.0. The molecule has 1 N–H and O–H groups in total. The topological polar surface area (TPSA) is 66.0 Å². The Hall–Kier alpha value is -3.10. The van der Waals surface area contributed by atoms with Crippen molar-refractivity contribution in [3.05, 3.63) is 47.5 Å². The van der Waals surface area contributed by atoms with Gasteiger partial charge in [-0.05, 0) is 30.3 Å². The number of halogens is 3. The fraction of sp³-hybridized carbons (Fsp3) is 0.316. The molecule has 0 heterocycles. The van der Waals surface area contributed by atoms with Crippen LogP contribution in [0.2, 0.25) is 0 Å². The van der Waals surface area contributed by atoms with Crippen LogP contribution in [0.4, 0.5) is 13.2 Å². The van der Waals surface area contributed by atoms with Gasteiger partial charge in [0.15, 0.2) is 18.1 Å². The van der Waals surface area contributed by atoms with Crippen LogP contribution in [-0.2, 0) is 17.5 Å². The van der Waals surface area contributed by atoms with Crippen LogP contribution in [-0.4, -0.2) is 33.8 Å². The number of rotatable bonds is 8. The minimum atomic E-state index is -4.48. The van der Waals surface area contributed by atoms with E-state index in [2.05, 4.69) is 5.32 Å². The number of hydrogen-bond donors (Lipinski definition) is 1. The lowest BCUT2D eigenvalue weighted by atomic mass is 10.1. The zero-order valence-electron chi connectivity index (χ0n) is 15.6. The van der Waals surface area contributed by atoms with E-state index in [4.69, 9.17) is 18.9 Å². The number of hydrogen-bond acceptors (Lipinski definition) is 5. The van der Waals surface area contributed by atoms with Crippen molar-refractivity contribution in [1.29, 1.82) is 0 Å². The van der Waals surface area contributed by atoms with E-state index in [1.54, 1.807) is 12.1 Å². The number of nitrogens with one attached hydrogen (secondary N) is 1. The molecule has 0 aliphatic rings. The Balaban J connectivity index is 1.98. The molecule has 2 rings (SSSR count). The van der Waals surface area contributed by atoms with E-state index >= 15 is 0 Å². The van der Waals surface area contributed by atoms with Crippen LogP contribution < -0.4 is 24.3 Å². The summed E-state index contributed by atoms with van der Waals surface area (Å²) in [5, 5.41) is 2.62. The Bertz CT molecular complexity index is 824. The molecule has 0 aromatic heterocycles. The van der Waals surface area contributed by atoms with Gasteiger partial charge in [-0.2, -0.15) is 13.2 Å². The first-order valence-electron chi connectivity index (χ1n) is 8.14. The molecular weight excluding hydrogens is 379 g/mol. The Morgan fingerprint density at radius 3 is 2.32 bits per heavy atom. The molecule has 0 radical (unpaired) electrons. The molecule has 2 aromatic carbocycles. The first kappa shape index (κ1) is 21.2. The molecular formula is C19H20F3NO5. The lowest BCUT2D eigenvalue weighted by Crippen LogP contribution is -2.28. The van der Waals surface area contributed by atoms with Crippen molar-refractivity contribution in [2.75, 3.05) is 27.9 Å². The molecule has 9 heteroatoms. The van der Waals surface area contributed by atoms with E-state index in [1.165, 1.54) is 33.5 Å². The summed E-state index contributed by atoms with van der Waals surface area (Å²) in [6.07, 6.45) is -4.48. The Morgan fingerprint density at radius 1 is 1.00 bits per heavy atom. The number of alkyl halides is 3. The second-order valence-electron chi connectivity index (χ2n) is 5.58. The van der Waals surface area contributed by atoms with Gasteiger partial charge in [0.1, 0.15) is 5.75 Å². The van der Waals surface area contributed by atoms with Crippen LogP contribution in [0.1, 0.15) is 11.1 Å². The van der Waals surface area contributed by atoms with Gasteiger partial charge in [-0.15, -0.1) is 0 Å². The Morgan fingerprint density at radius 2 is 1.71 bits per heavy atom. The zero-order valence-corrected chi connectivity index (χ0v) is 15.6. The Kier molecular flexibility index (Phi) is 6.97. The number of amides is 1. The summed E-state index contributed by atoms with van der Waals surface area (Å²) in [7, 11) is 4.41. The van der Waals surface area contributed by atoms with E-state index in [-0.39, 0.29) is 12.3 Å². The fourth-order valence-corrected chi connectivity index (χ4v) is 2.46. The van der Waals surface area contributed by atoms with Crippen LogP contribution >= 0.6 is 0 Å². The highest BCUT2D eigenvalue weighted by Crippen LogP contribution is 2.39. The van der Waals surface area contributed by atoms with Crippen molar-refractivity contribution in [2.24, 2.45) is 0 Å². The van der Waals surface area contributed by atoms with E-state index in [0.717, 1.165) is 12.1 Å². The smallest absolute Gasteiger partial charge is 0.416 e. The number of carbonyl (C=O) groups excluding carboxylic acids is 1. The predicted molar refractivity (Wildman–Crippen MR) is 94.9 cm³/mol. The van der Waals surface area contributed by atoms with Crippen molar-refractivity contribution >= 4 is 5.91 Å². The molecule has 0 saturated heterocycles. The third-order valence-corrected chi connectivity index (χ3v) is 3.79. The van der Waals surface area contributed by atoms with Crippen LogP contribution in [0.25, 0.3) is 0 Å². The molecule has 6 nitrogen and oxygen atoms in total. The monoisotopic (exact) mass is 399 g/mol. The summed E-state index contributed by atoms with van der Waals surface area (Å²) >= 11 is 0. The van der Waals surface area contributed by atoms with E-state index in [1.807, 2.05) is 0 Å². The van der Waals surface area contributed by atoms with Gasteiger partial charge in [-0.3, -0.25) is 4.79 Å². The first-order chi connectivity index (χ1) is 13.3. The van der Waals surface area contributed by atoms with E-state index in [0.29, 0.717) is 22.8 Å². The van der Waals surface area contributed by atoms with Crippen LogP contribution in [0, 0.1) is 0 Å². The average Bonchev–Trinajstić information content (AvgIpc) is 2.69. The lowest BCUT2D eigenvalue weighted by Gasteiger charge is -2.16. The maximum absolute atomic E-state index is 12.7. The van der Waals surface area contributed by atoms with E-state index in [9.17, 15) is 18.0 Å². The fourth-order valence-electron chi connectivity index (χ4n) is 2.46. The molecule has 0 saturated carbocycles. The molecule has 1 amide bonds. The third kappa shape index (κ3) is 5.21. The normalized spacial score (nSPS) is 10.9. The highest BCUT2D eigenvalue weighted by molar-refractivity contribution is 5.77. The van der Waals surface area contributed by atoms with Crippen LogP contribution in [0.15, 0.2) is 36.4 Å². The molecule has 0 bridgehead atoms. The summed E-state index contributed by atoms with van der Waals surface area (Å²) in [4.78, 5) is 12.0. The summed E-state index contributed by atoms with van der Waals surface area (Å²) in [5.74, 6) is 0.711. The Labute approximate surface area is 160 Å². The van der Waals surface area contributed by atoms with Gasteiger partial charge in [-0.25, -0.2) is 0 Å². The summed E-state index contributed by atoms with van der Waals surface area (Å²) in [5.41, 5.74) is -0.215. The number of benzene rings is 2. The van der Waals surface area contributed by atoms with Gasteiger partial charge in [0.2, 0.25) is 5.75 Å². The molecule has 28 heavy (non-hydrogen) atoms. The maximum atomic E-state index is 12.7. The standard InChI is InChI=1S/C19H20F3NO5/c1-25-15-8-7-12(17(26-2)18(15)27-3)10-23-16(24)11-28-14-6-4-5-13(9-14)19(20,21)22/h4-9H,10-11H2,1-3H3,(H,23,24). The van der Waals surface area contributed by atoms with Crippen molar-refractivity contribution in [3.8, 4) is 23.0 Å². The second kappa shape index (κ2) is 9.20. The quantitative estimate of drug-likeness (QED) is 0.737. The molecule has 152 valence electrons. The molecule has 0 atom stereocenters. The van der Waals surface area contributed by atoms with Crippen LogP contribution in [0.5, 0.6) is 23.0 Å². The van der Waals surface area contributed by atoms with Gasteiger partial charge in [-0.1, -0.05) is 6.07 Å². The highest BCUT2D eigenvalue weighted by atomic mass is 19.4. The first-order valence-corrected chi connectivity index (χ1v) is 8.14. The summed E-state index contributed by atoms with van der Waals surface area (Å²) in [6.45, 7) is -0.328. The maximum Gasteiger partial charge on any atom is 0.416 e. The molecule has 0 unspecified atom stereocenters. The van der Waals surface area contributed by atoms with Crippen molar-refractivity contribution in [1.82, 2.24) is 5.32 Å². The minimum Gasteiger partial charge on any atom is -0.493 e. The van der Waals surface area contributed by atoms with E-state index < -0.39 is 24.3 Å². The number of methoxy groups -OCH3 is 3. The van der Waals surface area contributed by atoms with Gasteiger partial charge in [0.25, 0.3) is 5.91 Å². The molecule has 0 spiro atoms. The zero-order chi connectivity index (χ0) is 20.7. The average molecular weight is 399 g/mol. The lowest BCUT2D eigenvalue weighted by molar-refractivity contribution is -0.137. The van der Waals surface area contributed by atoms with Crippen molar-refractivity contribution in [2.45, 2.75) is 12.7 Å². The largest absolute Gasteiger partial charge is 0.493 e. The second-order valence-corrected chi connectivity index (χ2v) is 5.58. The molecule has 2 aromatic rings. The summed E-state index contributed by atoms with van der Waals surface area (Å²) in [6, 6.07) is 7.70. The van der Waals surface area contributed by atoms with Gasteiger partial charge >= 0.3 is 6.18 Å². The molecule has 0 fully saturated rings. The number of carbonyl (C=O) groups is 1. The SMILES string of the molecule is COc1ccc(CNC(=O)COc2cccc(C(F)(F)F)c2)c(OC)c1OC. The molecule has 0 aliphatic carbocycles. The van der Waals surface area contributed by atoms with Gasteiger partial charge in [0, 0.05) is 12.1 Å².